The number of ketones is 2. The molecule has 1 aliphatic carbocycles. The summed E-state index contributed by atoms with van der Waals surface area (Å²) < 4.78 is 0.824. The Bertz CT molecular complexity index is 706. The SMILES string of the molecule is CC1=C(CSC(=S)N2CCSCC2)C(=O)c2ccccc2C1=O. The van der Waals surface area contributed by atoms with E-state index in [1.807, 2.05) is 11.8 Å². The summed E-state index contributed by atoms with van der Waals surface area (Å²) in [6.07, 6.45) is 0. The monoisotopic (exact) mass is 363 g/mol. The van der Waals surface area contributed by atoms with Crippen LogP contribution in [0.1, 0.15) is 27.6 Å². The molecule has 3 nitrogen and oxygen atoms in total. The van der Waals surface area contributed by atoms with Gasteiger partial charge in [0.25, 0.3) is 0 Å². The Morgan fingerprint density at radius 2 is 1.78 bits per heavy atom. The Labute approximate surface area is 149 Å². The maximum atomic E-state index is 12.7. The molecule has 23 heavy (non-hydrogen) atoms. The average molecular weight is 364 g/mol. The van der Waals surface area contributed by atoms with Crippen LogP contribution < -0.4 is 0 Å². The number of carbonyl (C=O) groups excluding carboxylic acids is 2. The number of allylic oxidation sites excluding steroid dienone is 1. The van der Waals surface area contributed by atoms with Gasteiger partial charge in [0.1, 0.15) is 4.32 Å². The van der Waals surface area contributed by atoms with E-state index in [4.69, 9.17) is 12.2 Å². The molecule has 0 bridgehead atoms. The highest BCUT2D eigenvalue weighted by atomic mass is 32.2. The van der Waals surface area contributed by atoms with Crippen LogP contribution in [0.3, 0.4) is 0 Å². The van der Waals surface area contributed by atoms with Crippen molar-refractivity contribution in [3.8, 4) is 0 Å². The lowest BCUT2D eigenvalue weighted by Gasteiger charge is -2.28. The fraction of sp³-hybridized carbons (Fsp3) is 0.353. The summed E-state index contributed by atoms with van der Waals surface area (Å²) in [7, 11) is 0. The molecular weight excluding hydrogens is 346 g/mol. The van der Waals surface area contributed by atoms with Crippen LogP contribution in [-0.4, -0.2) is 51.1 Å². The fourth-order valence-corrected chi connectivity index (χ4v) is 4.94. The van der Waals surface area contributed by atoms with E-state index >= 15 is 0 Å². The number of nitrogens with zero attached hydrogens (tertiary/aromatic N) is 1. The summed E-state index contributed by atoms with van der Waals surface area (Å²) in [6.45, 7) is 3.67. The Morgan fingerprint density at radius 3 is 2.43 bits per heavy atom. The molecule has 120 valence electrons. The zero-order valence-corrected chi connectivity index (χ0v) is 15.3. The van der Waals surface area contributed by atoms with Gasteiger partial charge >= 0.3 is 0 Å². The normalized spacial score (nSPS) is 18.2. The second kappa shape index (κ2) is 7.20. The van der Waals surface area contributed by atoms with E-state index in [9.17, 15) is 9.59 Å². The highest BCUT2D eigenvalue weighted by Crippen LogP contribution is 2.29. The first-order valence-electron chi connectivity index (χ1n) is 7.47. The maximum Gasteiger partial charge on any atom is 0.191 e. The van der Waals surface area contributed by atoms with Crippen molar-refractivity contribution in [2.45, 2.75) is 6.92 Å². The van der Waals surface area contributed by atoms with E-state index < -0.39 is 0 Å². The van der Waals surface area contributed by atoms with Gasteiger partial charge in [0, 0.05) is 52.6 Å². The molecule has 1 aromatic carbocycles. The lowest BCUT2D eigenvalue weighted by Crippen LogP contribution is -2.35. The van der Waals surface area contributed by atoms with Gasteiger partial charge < -0.3 is 4.90 Å². The molecule has 0 saturated carbocycles. The summed E-state index contributed by atoms with van der Waals surface area (Å²) >= 11 is 8.92. The van der Waals surface area contributed by atoms with Crippen molar-refractivity contribution in [2.24, 2.45) is 0 Å². The molecule has 1 aliphatic heterocycles. The number of hydrogen-bond acceptors (Lipinski definition) is 5. The largest absolute Gasteiger partial charge is 0.356 e. The molecule has 0 aromatic heterocycles. The van der Waals surface area contributed by atoms with Gasteiger partial charge in [0.2, 0.25) is 0 Å². The summed E-state index contributed by atoms with van der Waals surface area (Å²) in [5, 5.41) is 0. The Balaban J connectivity index is 1.75. The van der Waals surface area contributed by atoms with E-state index in [0.29, 0.717) is 28.0 Å². The molecule has 0 amide bonds. The summed E-state index contributed by atoms with van der Waals surface area (Å²) in [5.41, 5.74) is 2.17. The van der Waals surface area contributed by atoms with Crippen LogP contribution in [0.4, 0.5) is 0 Å². The maximum absolute atomic E-state index is 12.7. The zero-order valence-electron chi connectivity index (χ0n) is 12.8. The van der Waals surface area contributed by atoms with Crippen LogP contribution in [-0.2, 0) is 0 Å². The van der Waals surface area contributed by atoms with Crippen molar-refractivity contribution < 1.29 is 9.59 Å². The van der Waals surface area contributed by atoms with Crippen LogP contribution >= 0.6 is 35.7 Å². The predicted octanol–water partition coefficient (Wildman–Crippen LogP) is 3.45. The molecule has 2 aliphatic rings. The van der Waals surface area contributed by atoms with Crippen molar-refractivity contribution in [1.82, 2.24) is 4.90 Å². The average Bonchev–Trinajstić information content (AvgIpc) is 2.60. The second-order valence-electron chi connectivity index (χ2n) is 5.46. The van der Waals surface area contributed by atoms with E-state index in [1.165, 1.54) is 11.8 Å². The van der Waals surface area contributed by atoms with Gasteiger partial charge in [-0.2, -0.15) is 11.8 Å². The smallest absolute Gasteiger partial charge is 0.191 e. The van der Waals surface area contributed by atoms with E-state index in [0.717, 1.165) is 28.9 Å². The molecule has 0 spiro atoms. The first-order chi connectivity index (χ1) is 11.1. The molecule has 1 aromatic rings. The molecule has 0 unspecified atom stereocenters. The van der Waals surface area contributed by atoms with Gasteiger partial charge in [-0.1, -0.05) is 48.2 Å². The summed E-state index contributed by atoms with van der Waals surface area (Å²) in [5.74, 6) is 2.56. The van der Waals surface area contributed by atoms with Gasteiger partial charge in [-0.3, -0.25) is 9.59 Å². The number of hydrogen-bond donors (Lipinski definition) is 0. The van der Waals surface area contributed by atoms with Crippen LogP contribution in [0.25, 0.3) is 0 Å². The van der Waals surface area contributed by atoms with Crippen molar-refractivity contribution in [1.29, 1.82) is 0 Å². The van der Waals surface area contributed by atoms with Crippen LogP contribution in [0.5, 0.6) is 0 Å². The number of fused-ring (bicyclic) bond motifs is 1. The lowest BCUT2D eigenvalue weighted by molar-refractivity contribution is 0.0975. The lowest BCUT2D eigenvalue weighted by atomic mass is 9.85. The Hall–Kier alpha value is -1.11. The van der Waals surface area contributed by atoms with Gasteiger partial charge in [-0.25, -0.2) is 0 Å². The van der Waals surface area contributed by atoms with Crippen LogP contribution in [0, 0.1) is 0 Å². The van der Waals surface area contributed by atoms with Crippen molar-refractivity contribution >= 4 is 51.6 Å². The molecule has 6 heteroatoms. The minimum Gasteiger partial charge on any atom is -0.356 e. The standard InChI is InChI=1S/C17H17NO2S3/c1-11-14(10-23-17(21)18-6-8-22-9-7-18)16(20)13-5-3-2-4-12(13)15(11)19/h2-5H,6-10H2,1H3. The molecular formula is C17H17NO2S3. The van der Waals surface area contributed by atoms with E-state index in [2.05, 4.69) is 4.90 Å². The van der Waals surface area contributed by atoms with Gasteiger partial charge in [0.05, 0.1) is 0 Å². The molecule has 0 N–H and O–H groups in total. The van der Waals surface area contributed by atoms with E-state index in [1.54, 1.807) is 31.2 Å². The van der Waals surface area contributed by atoms with Gasteiger partial charge in [0.15, 0.2) is 11.6 Å². The minimum absolute atomic E-state index is 0.0396. The second-order valence-corrected chi connectivity index (χ2v) is 8.30. The molecule has 3 rings (SSSR count). The van der Waals surface area contributed by atoms with Crippen molar-refractivity contribution in [3.05, 3.63) is 46.5 Å². The number of thiocarbonyl (C=S) groups is 1. The number of rotatable bonds is 2. The highest BCUT2D eigenvalue weighted by Gasteiger charge is 2.29. The summed E-state index contributed by atoms with van der Waals surface area (Å²) in [6, 6.07) is 7.04. The molecule has 0 radical (unpaired) electrons. The molecule has 1 fully saturated rings. The highest BCUT2D eigenvalue weighted by molar-refractivity contribution is 8.23. The number of benzene rings is 1. The minimum atomic E-state index is -0.0453. The van der Waals surface area contributed by atoms with Gasteiger partial charge in [-0.05, 0) is 6.92 Å². The number of carbonyl (C=O) groups is 2. The zero-order chi connectivity index (χ0) is 16.4. The van der Waals surface area contributed by atoms with Crippen molar-refractivity contribution in [2.75, 3.05) is 30.3 Å². The molecule has 0 atom stereocenters. The summed E-state index contributed by atoms with van der Waals surface area (Å²) in [4.78, 5) is 27.3. The topological polar surface area (TPSA) is 37.4 Å². The quantitative estimate of drug-likeness (QED) is 0.749. The third kappa shape index (κ3) is 3.39. The fourth-order valence-electron chi connectivity index (χ4n) is 2.70. The number of Topliss-reactive ketones (excluding diaryl/α,β-unsaturated/α-hetero) is 2. The molecule has 1 heterocycles. The molecule has 1 saturated heterocycles. The predicted molar refractivity (Wildman–Crippen MR) is 102 cm³/mol. The Morgan fingerprint density at radius 1 is 1.17 bits per heavy atom. The third-order valence-corrected chi connectivity index (χ3v) is 6.59. The number of thioether (sulfide) groups is 2. The van der Waals surface area contributed by atoms with Gasteiger partial charge in [-0.15, -0.1) is 0 Å². The van der Waals surface area contributed by atoms with Crippen LogP contribution in [0.2, 0.25) is 0 Å². The third-order valence-electron chi connectivity index (χ3n) is 4.09. The first-order valence-corrected chi connectivity index (χ1v) is 10.0. The van der Waals surface area contributed by atoms with Crippen molar-refractivity contribution in [3.63, 3.8) is 0 Å². The first kappa shape index (κ1) is 16.7. The van der Waals surface area contributed by atoms with Crippen LogP contribution in [0.15, 0.2) is 35.4 Å². The Kier molecular flexibility index (Phi) is 5.24. The van der Waals surface area contributed by atoms with E-state index in [-0.39, 0.29) is 11.6 Å².